The van der Waals surface area contributed by atoms with E-state index in [-0.39, 0.29) is 34.4 Å². The van der Waals surface area contributed by atoms with E-state index in [1.54, 1.807) is 0 Å². The third kappa shape index (κ3) is 4.45. The average molecular weight is 399 g/mol. The molecule has 0 atom stereocenters. The van der Waals surface area contributed by atoms with Crippen molar-refractivity contribution in [3.05, 3.63) is 94.8 Å². The summed E-state index contributed by atoms with van der Waals surface area (Å²) in [6.07, 6.45) is 0. The summed E-state index contributed by atoms with van der Waals surface area (Å²) in [5.74, 6) is -3.40. The van der Waals surface area contributed by atoms with E-state index < -0.39 is 29.3 Å². The van der Waals surface area contributed by atoms with E-state index in [0.717, 1.165) is 25.3 Å². The summed E-state index contributed by atoms with van der Waals surface area (Å²) in [5.41, 5.74) is 0.467. The molecule has 0 radical (unpaired) electrons. The van der Waals surface area contributed by atoms with Gasteiger partial charge < -0.3 is 10.1 Å². The highest BCUT2D eigenvalue weighted by atomic mass is 19.1. The molecule has 0 aliphatic carbocycles. The highest BCUT2D eigenvalue weighted by molar-refractivity contribution is 5.97. The van der Waals surface area contributed by atoms with Gasteiger partial charge in [-0.3, -0.25) is 4.79 Å². The largest absolute Gasteiger partial charge is 0.465 e. The van der Waals surface area contributed by atoms with Crippen LogP contribution in [0.3, 0.4) is 0 Å². The number of esters is 1. The molecule has 0 saturated heterocycles. The van der Waals surface area contributed by atoms with Gasteiger partial charge in [0.1, 0.15) is 23.0 Å². The van der Waals surface area contributed by atoms with Crippen LogP contribution in [0.2, 0.25) is 0 Å². The van der Waals surface area contributed by atoms with Crippen LogP contribution >= 0.6 is 0 Å². The van der Waals surface area contributed by atoms with E-state index in [4.69, 9.17) is 0 Å². The van der Waals surface area contributed by atoms with E-state index in [1.165, 1.54) is 42.5 Å². The molecule has 0 saturated carbocycles. The Morgan fingerprint density at radius 1 is 0.931 bits per heavy atom. The summed E-state index contributed by atoms with van der Waals surface area (Å²) >= 11 is 0. The Bertz CT molecular complexity index is 1080. The van der Waals surface area contributed by atoms with Gasteiger partial charge in [-0.15, -0.1) is 0 Å². The number of carbonyl (C=O) groups excluding carboxylic acids is 2. The SMILES string of the molecule is COC(=O)c1c(F)cccc1-c1ccc(CNC(=O)c2cccc(F)c2)c(F)c1. The molecule has 7 heteroatoms. The van der Waals surface area contributed by atoms with Crippen LogP contribution in [0.5, 0.6) is 0 Å². The fraction of sp³-hybridized carbons (Fsp3) is 0.0909. The predicted molar refractivity (Wildman–Crippen MR) is 101 cm³/mol. The van der Waals surface area contributed by atoms with Crippen LogP contribution in [0.1, 0.15) is 26.3 Å². The Morgan fingerprint density at radius 3 is 2.38 bits per heavy atom. The molecule has 0 aromatic heterocycles. The molecule has 0 fully saturated rings. The molecular weight excluding hydrogens is 383 g/mol. The molecule has 148 valence electrons. The smallest absolute Gasteiger partial charge is 0.341 e. The third-order valence-corrected chi connectivity index (χ3v) is 4.29. The first kappa shape index (κ1) is 20.1. The molecule has 0 bridgehead atoms. The molecular formula is C22H16F3NO3. The zero-order valence-corrected chi connectivity index (χ0v) is 15.3. The van der Waals surface area contributed by atoms with Crippen molar-refractivity contribution >= 4 is 11.9 Å². The maximum Gasteiger partial charge on any atom is 0.341 e. The number of rotatable bonds is 5. The first-order valence-electron chi connectivity index (χ1n) is 8.60. The highest BCUT2D eigenvalue weighted by Gasteiger charge is 2.19. The molecule has 0 spiro atoms. The lowest BCUT2D eigenvalue weighted by molar-refractivity contribution is 0.0596. The number of nitrogens with one attached hydrogen (secondary N) is 1. The van der Waals surface area contributed by atoms with Gasteiger partial charge in [0.2, 0.25) is 0 Å². The second kappa shape index (κ2) is 8.60. The summed E-state index contributed by atoms with van der Waals surface area (Å²) in [6.45, 7) is -0.130. The van der Waals surface area contributed by atoms with Crippen molar-refractivity contribution in [3.8, 4) is 11.1 Å². The first-order valence-corrected chi connectivity index (χ1v) is 8.60. The number of amides is 1. The number of benzene rings is 3. The summed E-state index contributed by atoms with van der Waals surface area (Å²) in [5, 5.41) is 2.51. The lowest BCUT2D eigenvalue weighted by atomic mass is 9.98. The van der Waals surface area contributed by atoms with Crippen molar-refractivity contribution in [2.24, 2.45) is 0 Å². The van der Waals surface area contributed by atoms with Gasteiger partial charge in [-0.25, -0.2) is 18.0 Å². The summed E-state index contributed by atoms with van der Waals surface area (Å²) in [6, 6.07) is 13.2. The van der Waals surface area contributed by atoms with Crippen molar-refractivity contribution in [1.82, 2.24) is 5.32 Å². The van der Waals surface area contributed by atoms with E-state index in [1.807, 2.05) is 0 Å². The molecule has 0 aliphatic rings. The highest BCUT2D eigenvalue weighted by Crippen LogP contribution is 2.28. The minimum atomic E-state index is -0.870. The van der Waals surface area contributed by atoms with Gasteiger partial charge in [-0.2, -0.15) is 0 Å². The standard InChI is InChI=1S/C22H16F3NO3/c1-29-22(28)20-17(6-3-7-18(20)24)13-8-9-15(19(25)11-13)12-26-21(27)14-4-2-5-16(23)10-14/h2-11H,12H2,1H3,(H,26,27). The molecule has 1 N–H and O–H groups in total. The van der Waals surface area contributed by atoms with E-state index in [0.29, 0.717) is 0 Å². The van der Waals surface area contributed by atoms with E-state index in [9.17, 15) is 22.8 Å². The van der Waals surface area contributed by atoms with Crippen LogP contribution in [0.15, 0.2) is 60.7 Å². The van der Waals surface area contributed by atoms with Crippen LogP contribution in [-0.2, 0) is 11.3 Å². The van der Waals surface area contributed by atoms with E-state index >= 15 is 0 Å². The predicted octanol–water partition coefficient (Wildman–Crippen LogP) is 4.49. The van der Waals surface area contributed by atoms with Crippen LogP contribution in [0.25, 0.3) is 11.1 Å². The van der Waals surface area contributed by atoms with Crippen molar-refractivity contribution in [2.45, 2.75) is 6.54 Å². The molecule has 0 aliphatic heterocycles. The number of carbonyl (C=O) groups is 2. The molecule has 29 heavy (non-hydrogen) atoms. The number of methoxy groups -OCH3 is 1. The maximum atomic E-state index is 14.5. The lowest BCUT2D eigenvalue weighted by Crippen LogP contribution is -2.23. The normalized spacial score (nSPS) is 10.5. The average Bonchev–Trinajstić information content (AvgIpc) is 2.71. The number of hydrogen-bond acceptors (Lipinski definition) is 3. The fourth-order valence-electron chi connectivity index (χ4n) is 2.84. The summed E-state index contributed by atoms with van der Waals surface area (Å²) < 4.78 is 46.4. The molecule has 3 rings (SSSR count). The second-order valence-corrected chi connectivity index (χ2v) is 6.15. The Balaban J connectivity index is 1.82. The zero-order chi connectivity index (χ0) is 21.0. The van der Waals surface area contributed by atoms with Crippen molar-refractivity contribution in [1.29, 1.82) is 0 Å². The van der Waals surface area contributed by atoms with Crippen LogP contribution in [0.4, 0.5) is 13.2 Å². The lowest BCUT2D eigenvalue weighted by Gasteiger charge is -2.11. The Kier molecular flexibility index (Phi) is 5.97. The molecule has 0 unspecified atom stereocenters. The summed E-state index contributed by atoms with van der Waals surface area (Å²) in [7, 11) is 1.13. The second-order valence-electron chi connectivity index (χ2n) is 6.15. The Hall–Kier alpha value is -3.61. The van der Waals surface area contributed by atoms with Gasteiger partial charge in [0.05, 0.1) is 7.11 Å². The van der Waals surface area contributed by atoms with Gasteiger partial charge in [0.25, 0.3) is 5.91 Å². The molecule has 0 heterocycles. The minimum absolute atomic E-state index is 0.115. The van der Waals surface area contributed by atoms with Crippen molar-refractivity contribution in [3.63, 3.8) is 0 Å². The zero-order valence-electron chi connectivity index (χ0n) is 15.3. The monoisotopic (exact) mass is 399 g/mol. The van der Waals surface area contributed by atoms with Gasteiger partial charge in [0, 0.05) is 17.7 Å². The Labute approximate surface area is 164 Å². The fourth-order valence-corrected chi connectivity index (χ4v) is 2.84. The van der Waals surface area contributed by atoms with Crippen LogP contribution in [-0.4, -0.2) is 19.0 Å². The molecule has 3 aromatic carbocycles. The quantitative estimate of drug-likeness (QED) is 0.644. The topological polar surface area (TPSA) is 55.4 Å². The maximum absolute atomic E-state index is 14.5. The molecule has 4 nitrogen and oxygen atoms in total. The van der Waals surface area contributed by atoms with Crippen molar-refractivity contribution < 1.29 is 27.5 Å². The van der Waals surface area contributed by atoms with Crippen molar-refractivity contribution in [2.75, 3.05) is 7.11 Å². The summed E-state index contributed by atoms with van der Waals surface area (Å²) in [4.78, 5) is 24.0. The number of ether oxygens (including phenoxy) is 1. The molecule has 3 aromatic rings. The molecule has 1 amide bonds. The van der Waals surface area contributed by atoms with E-state index in [2.05, 4.69) is 10.1 Å². The number of halogens is 3. The minimum Gasteiger partial charge on any atom is -0.465 e. The van der Waals surface area contributed by atoms with Gasteiger partial charge >= 0.3 is 5.97 Å². The number of hydrogen-bond donors (Lipinski definition) is 1. The third-order valence-electron chi connectivity index (χ3n) is 4.29. The van der Waals surface area contributed by atoms with Gasteiger partial charge in [0.15, 0.2) is 0 Å². The van der Waals surface area contributed by atoms with Gasteiger partial charge in [-0.1, -0.05) is 30.3 Å². The first-order chi connectivity index (χ1) is 13.9. The van der Waals surface area contributed by atoms with Crippen LogP contribution in [0, 0.1) is 17.5 Å². The van der Waals surface area contributed by atoms with Crippen LogP contribution < -0.4 is 5.32 Å². The Morgan fingerprint density at radius 2 is 1.69 bits per heavy atom. The van der Waals surface area contributed by atoms with Gasteiger partial charge in [-0.05, 0) is 41.5 Å².